The van der Waals surface area contributed by atoms with Gasteiger partial charge in [-0.15, -0.1) is 0 Å². The molecule has 6 heteroatoms. The van der Waals surface area contributed by atoms with E-state index in [4.69, 9.17) is 9.47 Å². The number of hydrogen-bond acceptors (Lipinski definition) is 5. The lowest BCUT2D eigenvalue weighted by Gasteiger charge is -2.25. The van der Waals surface area contributed by atoms with Crippen molar-refractivity contribution >= 4 is 17.4 Å². The molecule has 0 saturated carbocycles. The summed E-state index contributed by atoms with van der Waals surface area (Å²) in [5.74, 6) is 0.179. The first kappa shape index (κ1) is 22.9. The number of aryl methyl sites for hydroxylation is 1. The SMILES string of the molecule is CCCCOc1ccc(C2/C(=C(/O)c3ccc4c(c3)CCCO4)C(=O)C(=O)N2CCC)cc1. The van der Waals surface area contributed by atoms with Crippen LogP contribution >= 0.6 is 0 Å². The summed E-state index contributed by atoms with van der Waals surface area (Å²) in [7, 11) is 0. The summed E-state index contributed by atoms with van der Waals surface area (Å²) >= 11 is 0. The lowest BCUT2D eigenvalue weighted by Crippen LogP contribution is -2.30. The first-order valence-electron chi connectivity index (χ1n) is 11.8. The second kappa shape index (κ2) is 10.1. The molecule has 1 N–H and O–H groups in total. The van der Waals surface area contributed by atoms with Crippen molar-refractivity contribution in [1.82, 2.24) is 4.90 Å². The Morgan fingerprint density at radius 1 is 1.12 bits per heavy atom. The van der Waals surface area contributed by atoms with Gasteiger partial charge in [0.15, 0.2) is 0 Å². The van der Waals surface area contributed by atoms with E-state index in [1.54, 1.807) is 11.0 Å². The minimum atomic E-state index is -0.650. The fourth-order valence-corrected chi connectivity index (χ4v) is 4.44. The largest absolute Gasteiger partial charge is 0.507 e. The van der Waals surface area contributed by atoms with Gasteiger partial charge in [0.05, 0.1) is 24.8 Å². The van der Waals surface area contributed by atoms with Crippen LogP contribution in [0.3, 0.4) is 0 Å². The lowest BCUT2D eigenvalue weighted by molar-refractivity contribution is -0.139. The molecule has 2 aliphatic rings. The van der Waals surface area contributed by atoms with E-state index in [2.05, 4.69) is 6.92 Å². The predicted molar refractivity (Wildman–Crippen MR) is 126 cm³/mol. The Balaban J connectivity index is 1.73. The maximum atomic E-state index is 13.1. The summed E-state index contributed by atoms with van der Waals surface area (Å²) in [6, 6.07) is 12.2. The van der Waals surface area contributed by atoms with Crippen LogP contribution < -0.4 is 9.47 Å². The topological polar surface area (TPSA) is 76.1 Å². The zero-order chi connectivity index (χ0) is 23.4. The number of rotatable bonds is 8. The van der Waals surface area contributed by atoms with Crippen molar-refractivity contribution in [3.63, 3.8) is 0 Å². The first-order chi connectivity index (χ1) is 16.0. The Morgan fingerprint density at radius 2 is 1.91 bits per heavy atom. The molecule has 1 atom stereocenters. The summed E-state index contributed by atoms with van der Waals surface area (Å²) in [5, 5.41) is 11.2. The summed E-state index contributed by atoms with van der Waals surface area (Å²) in [6.07, 6.45) is 4.50. The Kier molecular flexibility index (Phi) is 7.02. The zero-order valence-corrected chi connectivity index (χ0v) is 19.3. The molecule has 0 bridgehead atoms. The van der Waals surface area contributed by atoms with Gasteiger partial charge in [-0.1, -0.05) is 32.4 Å². The third kappa shape index (κ3) is 4.61. The number of nitrogens with zero attached hydrogens (tertiary/aromatic N) is 1. The van der Waals surface area contributed by atoms with Crippen LogP contribution in [0.4, 0.5) is 0 Å². The van der Waals surface area contributed by atoms with Gasteiger partial charge < -0.3 is 19.5 Å². The molecule has 2 aromatic carbocycles. The molecule has 2 heterocycles. The van der Waals surface area contributed by atoms with Gasteiger partial charge in [-0.3, -0.25) is 9.59 Å². The molecule has 4 rings (SSSR count). The highest BCUT2D eigenvalue weighted by Crippen LogP contribution is 2.40. The Labute approximate surface area is 194 Å². The number of unbranched alkanes of at least 4 members (excludes halogenated alkanes) is 1. The highest BCUT2D eigenvalue weighted by molar-refractivity contribution is 6.46. The fourth-order valence-electron chi connectivity index (χ4n) is 4.44. The molecule has 0 aliphatic carbocycles. The number of ether oxygens (including phenoxy) is 2. The minimum Gasteiger partial charge on any atom is -0.507 e. The van der Waals surface area contributed by atoms with Crippen molar-refractivity contribution in [2.75, 3.05) is 19.8 Å². The van der Waals surface area contributed by atoms with E-state index in [9.17, 15) is 14.7 Å². The van der Waals surface area contributed by atoms with Crippen LogP contribution in [0.1, 0.15) is 62.3 Å². The molecular weight excluding hydrogens is 418 g/mol. The van der Waals surface area contributed by atoms with Gasteiger partial charge in [0.25, 0.3) is 11.7 Å². The number of likely N-dealkylation sites (tertiary alicyclic amines) is 1. The molecule has 6 nitrogen and oxygen atoms in total. The number of hydrogen-bond donors (Lipinski definition) is 1. The quantitative estimate of drug-likeness (QED) is 0.265. The van der Waals surface area contributed by atoms with E-state index < -0.39 is 17.7 Å². The van der Waals surface area contributed by atoms with E-state index in [0.29, 0.717) is 31.7 Å². The van der Waals surface area contributed by atoms with E-state index in [1.807, 2.05) is 43.3 Å². The van der Waals surface area contributed by atoms with Crippen molar-refractivity contribution in [2.45, 2.75) is 52.0 Å². The van der Waals surface area contributed by atoms with Crippen LogP contribution in [0.2, 0.25) is 0 Å². The number of benzene rings is 2. The van der Waals surface area contributed by atoms with Gasteiger partial charge in [0.1, 0.15) is 17.3 Å². The lowest BCUT2D eigenvalue weighted by atomic mass is 9.94. The second-order valence-electron chi connectivity index (χ2n) is 8.54. The van der Waals surface area contributed by atoms with Gasteiger partial charge in [0, 0.05) is 12.1 Å². The van der Waals surface area contributed by atoms with E-state index in [-0.39, 0.29) is 11.3 Å². The molecule has 1 unspecified atom stereocenters. The van der Waals surface area contributed by atoms with E-state index in [1.165, 1.54) is 0 Å². The molecular formula is C27H31NO5. The molecule has 0 aromatic heterocycles. The second-order valence-corrected chi connectivity index (χ2v) is 8.54. The Bertz CT molecular complexity index is 1060. The number of aliphatic hydroxyl groups excluding tert-OH is 1. The third-order valence-electron chi connectivity index (χ3n) is 6.15. The monoisotopic (exact) mass is 449 g/mol. The van der Waals surface area contributed by atoms with Crippen molar-refractivity contribution in [3.8, 4) is 11.5 Å². The van der Waals surface area contributed by atoms with Gasteiger partial charge in [-0.2, -0.15) is 0 Å². The third-order valence-corrected chi connectivity index (χ3v) is 6.15. The number of carbonyl (C=O) groups is 2. The number of ketones is 1. The zero-order valence-electron chi connectivity index (χ0n) is 19.3. The van der Waals surface area contributed by atoms with Crippen molar-refractivity contribution in [3.05, 3.63) is 64.7 Å². The summed E-state index contributed by atoms with van der Waals surface area (Å²) in [5.41, 5.74) is 2.43. The van der Waals surface area contributed by atoms with Crippen molar-refractivity contribution in [2.24, 2.45) is 0 Å². The number of Topliss-reactive ketones (excluding diaryl/α,β-unsaturated/α-hetero) is 1. The Morgan fingerprint density at radius 3 is 2.64 bits per heavy atom. The average Bonchev–Trinajstić information content (AvgIpc) is 3.09. The number of carbonyl (C=O) groups excluding carboxylic acids is 2. The highest BCUT2D eigenvalue weighted by Gasteiger charge is 2.45. The van der Waals surface area contributed by atoms with Gasteiger partial charge in [0.2, 0.25) is 0 Å². The van der Waals surface area contributed by atoms with Crippen LogP contribution in [0.5, 0.6) is 11.5 Å². The number of amides is 1. The van der Waals surface area contributed by atoms with Crippen LogP contribution in [0.15, 0.2) is 48.0 Å². The van der Waals surface area contributed by atoms with Crippen LogP contribution in [-0.2, 0) is 16.0 Å². The number of fused-ring (bicyclic) bond motifs is 1. The maximum absolute atomic E-state index is 13.1. The molecule has 0 radical (unpaired) electrons. The molecule has 0 spiro atoms. The standard InChI is InChI=1S/C27H31NO5/c1-3-5-15-32-21-11-8-18(9-12-21)24-23(26(30)27(31)28(24)14-4-2)25(29)20-10-13-22-19(17-20)7-6-16-33-22/h8-13,17,24,29H,3-7,14-16H2,1-2H3/b25-23-. The molecule has 1 saturated heterocycles. The van der Waals surface area contributed by atoms with Crippen LogP contribution in [0.25, 0.3) is 5.76 Å². The molecule has 33 heavy (non-hydrogen) atoms. The van der Waals surface area contributed by atoms with Gasteiger partial charge in [-0.25, -0.2) is 0 Å². The summed E-state index contributed by atoms with van der Waals surface area (Å²) < 4.78 is 11.4. The van der Waals surface area contributed by atoms with Crippen molar-refractivity contribution in [1.29, 1.82) is 0 Å². The van der Waals surface area contributed by atoms with Crippen molar-refractivity contribution < 1.29 is 24.2 Å². The van der Waals surface area contributed by atoms with Crippen LogP contribution in [-0.4, -0.2) is 41.5 Å². The fraction of sp³-hybridized carbons (Fsp3) is 0.407. The smallest absolute Gasteiger partial charge is 0.295 e. The summed E-state index contributed by atoms with van der Waals surface area (Å²) in [4.78, 5) is 27.5. The summed E-state index contributed by atoms with van der Waals surface area (Å²) in [6.45, 7) is 5.83. The molecule has 174 valence electrons. The van der Waals surface area contributed by atoms with Gasteiger partial charge in [-0.05, 0) is 67.1 Å². The maximum Gasteiger partial charge on any atom is 0.295 e. The normalized spacial score (nSPS) is 19.3. The minimum absolute atomic E-state index is 0.129. The molecule has 2 aliphatic heterocycles. The first-order valence-corrected chi connectivity index (χ1v) is 11.8. The molecule has 2 aromatic rings. The van der Waals surface area contributed by atoms with Gasteiger partial charge >= 0.3 is 0 Å². The molecule has 1 amide bonds. The predicted octanol–water partition coefficient (Wildman–Crippen LogP) is 5.02. The highest BCUT2D eigenvalue weighted by atomic mass is 16.5. The number of aliphatic hydroxyl groups is 1. The average molecular weight is 450 g/mol. The van der Waals surface area contributed by atoms with Crippen LogP contribution in [0, 0.1) is 0 Å². The van der Waals surface area contributed by atoms with E-state index in [0.717, 1.165) is 48.3 Å². The Hall–Kier alpha value is -3.28. The van der Waals surface area contributed by atoms with E-state index >= 15 is 0 Å². The molecule has 1 fully saturated rings.